The Kier molecular flexibility index (Phi) is 3.93. The Morgan fingerprint density at radius 1 is 1.29 bits per heavy atom. The van der Waals surface area contributed by atoms with Crippen molar-refractivity contribution in [3.8, 4) is 11.3 Å². The molecule has 1 aromatic heterocycles. The zero-order valence-electron chi connectivity index (χ0n) is 12.1. The molecule has 0 N–H and O–H groups in total. The highest BCUT2D eigenvalue weighted by molar-refractivity contribution is 5.81. The van der Waals surface area contributed by atoms with Crippen LogP contribution in [0.2, 0.25) is 0 Å². The molecule has 110 valence electrons. The van der Waals surface area contributed by atoms with E-state index in [1.165, 1.54) is 16.7 Å². The SMILES string of the molecule is CC(C)(C)OC(=O)n1cccc1-c1ccc(C=O)c(F)c1. The Labute approximate surface area is 122 Å². The van der Waals surface area contributed by atoms with Gasteiger partial charge in [0.15, 0.2) is 6.29 Å². The lowest BCUT2D eigenvalue weighted by molar-refractivity contribution is 0.0540. The third kappa shape index (κ3) is 3.37. The van der Waals surface area contributed by atoms with Crippen molar-refractivity contribution in [2.75, 3.05) is 0 Å². The smallest absolute Gasteiger partial charge is 0.418 e. The number of halogens is 1. The number of benzene rings is 1. The van der Waals surface area contributed by atoms with Crippen LogP contribution in [0.25, 0.3) is 11.3 Å². The fraction of sp³-hybridized carbons (Fsp3) is 0.250. The van der Waals surface area contributed by atoms with Crippen LogP contribution in [0.5, 0.6) is 0 Å². The molecule has 0 amide bonds. The van der Waals surface area contributed by atoms with E-state index in [9.17, 15) is 14.0 Å². The van der Waals surface area contributed by atoms with Gasteiger partial charge in [-0.25, -0.2) is 9.18 Å². The van der Waals surface area contributed by atoms with Gasteiger partial charge in [0, 0.05) is 11.8 Å². The van der Waals surface area contributed by atoms with E-state index in [2.05, 4.69) is 0 Å². The van der Waals surface area contributed by atoms with Gasteiger partial charge in [-0.1, -0.05) is 6.07 Å². The number of aldehydes is 1. The second-order valence-corrected chi connectivity index (χ2v) is 5.60. The van der Waals surface area contributed by atoms with E-state index >= 15 is 0 Å². The van der Waals surface area contributed by atoms with Crippen LogP contribution >= 0.6 is 0 Å². The van der Waals surface area contributed by atoms with Gasteiger partial charge in [-0.05, 0) is 45.0 Å². The van der Waals surface area contributed by atoms with E-state index in [0.29, 0.717) is 17.5 Å². The van der Waals surface area contributed by atoms with Crippen molar-refractivity contribution in [1.29, 1.82) is 0 Å². The van der Waals surface area contributed by atoms with Crippen LogP contribution in [-0.4, -0.2) is 22.5 Å². The number of hydrogen-bond acceptors (Lipinski definition) is 3. The number of carbonyl (C=O) groups excluding carboxylic acids is 2. The molecule has 1 aromatic carbocycles. The lowest BCUT2D eigenvalue weighted by Crippen LogP contribution is -2.27. The Balaban J connectivity index is 2.38. The molecule has 0 atom stereocenters. The third-order valence-corrected chi connectivity index (χ3v) is 2.76. The lowest BCUT2D eigenvalue weighted by atomic mass is 10.1. The molecule has 0 saturated heterocycles. The van der Waals surface area contributed by atoms with E-state index in [0.717, 1.165) is 0 Å². The van der Waals surface area contributed by atoms with Gasteiger partial charge >= 0.3 is 6.09 Å². The number of hydrogen-bond donors (Lipinski definition) is 0. The zero-order chi connectivity index (χ0) is 15.6. The van der Waals surface area contributed by atoms with Crippen LogP contribution in [0.3, 0.4) is 0 Å². The highest BCUT2D eigenvalue weighted by Gasteiger charge is 2.20. The zero-order valence-corrected chi connectivity index (χ0v) is 12.1. The lowest BCUT2D eigenvalue weighted by Gasteiger charge is -2.20. The predicted molar refractivity (Wildman–Crippen MR) is 76.8 cm³/mol. The van der Waals surface area contributed by atoms with Crippen molar-refractivity contribution in [3.63, 3.8) is 0 Å². The molecule has 2 aromatic rings. The molecule has 1 heterocycles. The Morgan fingerprint density at radius 3 is 2.57 bits per heavy atom. The summed E-state index contributed by atoms with van der Waals surface area (Å²) in [6, 6.07) is 7.54. The van der Waals surface area contributed by atoms with Gasteiger partial charge in [0.05, 0.1) is 11.3 Å². The highest BCUT2D eigenvalue weighted by atomic mass is 19.1. The van der Waals surface area contributed by atoms with Crippen LogP contribution in [-0.2, 0) is 4.74 Å². The van der Waals surface area contributed by atoms with Crippen LogP contribution in [0.15, 0.2) is 36.5 Å². The van der Waals surface area contributed by atoms with E-state index in [-0.39, 0.29) is 5.56 Å². The van der Waals surface area contributed by atoms with Gasteiger partial charge in [0.2, 0.25) is 0 Å². The van der Waals surface area contributed by atoms with Crippen molar-refractivity contribution in [1.82, 2.24) is 4.57 Å². The quantitative estimate of drug-likeness (QED) is 0.788. The van der Waals surface area contributed by atoms with Crippen molar-refractivity contribution >= 4 is 12.4 Å². The summed E-state index contributed by atoms with van der Waals surface area (Å²) < 4.78 is 20.3. The first-order chi connectivity index (χ1) is 9.81. The molecule has 4 nitrogen and oxygen atoms in total. The van der Waals surface area contributed by atoms with Gasteiger partial charge in [-0.2, -0.15) is 0 Å². The number of nitrogens with zero attached hydrogens (tertiary/aromatic N) is 1. The van der Waals surface area contributed by atoms with Crippen molar-refractivity contribution in [2.45, 2.75) is 26.4 Å². The monoisotopic (exact) mass is 289 g/mol. The van der Waals surface area contributed by atoms with Crippen LogP contribution < -0.4 is 0 Å². The second-order valence-electron chi connectivity index (χ2n) is 5.60. The maximum Gasteiger partial charge on any atom is 0.418 e. The summed E-state index contributed by atoms with van der Waals surface area (Å²) in [6.45, 7) is 5.31. The summed E-state index contributed by atoms with van der Waals surface area (Å²) in [5, 5.41) is 0. The summed E-state index contributed by atoms with van der Waals surface area (Å²) >= 11 is 0. The molecular formula is C16H16FNO3. The minimum Gasteiger partial charge on any atom is -0.443 e. The van der Waals surface area contributed by atoms with Crippen molar-refractivity contribution < 1.29 is 18.7 Å². The summed E-state index contributed by atoms with van der Waals surface area (Å²) in [6.07, 6.45) is 1.46. The maximum absolute atomic E-state index is 13.7. The molecule has 0 unspecified atom stereocenters. The van der Waals surface area contributed by atoms with E-state index < -0.39 is 17.5 Å². The van der Waals surface area contributed by atoms with Gasteiger partial charge in [-0.3, -0.25) is 9.36 Å². The molecule has 0 aliphatic rings. The fourth-order valence-corrected chi connectivity index (χ4v) is 1.87. The van der Waals surface area contributed by atoms with E-state index in [1.54, 1.807) is 45.2 Å². The standard InChI is InChI=1S/C16H16FNO3/c1-16(2,3)21-15(20)18-8-4-5-14(18)11-6-7-12(10-19)13(17)9-11/h4-10H,1-3H3. The average Bonchev–Trinajstić information content (AvgIpc) is 2.85. The largest absolute Gasteiger partial charge is 0.443 e. The van der Waals surface area contributed by atoms with Crippen LogP contribution in [0.4, 0.5) is 9.18 Å². The first-order valence-corrected chi connectivity index (χ1v) is 6.47. The Morgan fingerprint density at radius 2 is 2.00 bits per heavy atom. The molecule has 21 heavy (non-hydrogen) atoms. The maximum atomic E-state index is 13.7. The molecule has 0 spiro atoms. The first-order valence-electron chi connectivity index (χ1n) is 6.47. The minimum atomic E-state index is -0.626. The molecule has 0 aliphatic carbocycles. The van der Waals surface area contributed by atoms with E-state index in [4.69, 9.17) is 4.74 Å². The minimum absolute atomic E-state index is 0.0193. The average molecular weight is 289 g/mol. The van der Waals surface area contributed by atoms with Gasteiger partial charge in [0.1, 0.15) is 11.4 Å². The number of carbonyl (C=O) groups is 2. The molecule has 5 heteroatoms. The fourth-order valence-electron chi connectivity index (χ4n) is 1.87. The second kappa shape index (κ2) is 5.52. The molecule has 0 fully saturated rings. The predicted octanol–water partition coefficient (Wildman–Crippen LogP) is 3.89. The Bertz CT molecular complexity index is 683. The number of ether oxygens (including phenoxy) is 1. The molecule has 0 saturated carbocycles. The summed E-state index contributed by atoms with van der Waals surface area (Å²) in [5.41, 5.74) is 0.356. The number of aromatic nitrogens is 1. The molecule has 0 radical (unpaired) electrons. The summed E-state index contributed by atoms with van der Waals surface area (Å²) in [5.74, 6) is -0.626. The van der Waals surface area contributed by atoms with Crippen molar-refractivity contribution in [3.05, 3.63) is 47.9 Å². The van der Waals surface area contributed by atoms with Gasteiger partial charge < -0.3 is 4.74 Å². The van der Waals surface area contributed by atoms with E-state index in [1.807, 2.05) is 0 Å². The third-order valence-electron chi connectivity index (χ3n) is 2.76. The van der Waals surface area contributed by atoms with Gasteiger partial charge in [-0.15, -0.1) is 0 Å². The highest BCUT2D eigenvalue weighted by Crippen LogP contribution is 2.23. The Hall–Kier alpha value is -2.43. The van der Waals surface area contributed by atoms with Crippen LogP contribution in [0.1, 0.15) is 31.1 Å². The normalized spacial score (nSPS) is 11.2. The first kappa shape index (κ1) is 15.0. The topological polar surface area (TPSA) is 48.3 Å². The molecule has 2 rings (SSSR count). The van der Waals surface area contributed by atoms with Crippen molar-refractivity contribution in [2.24, 2.45) is 0 Å². The van der Waals surface area contributed by atoms with Gasteiger partial charge in [0.25, 0.3) is 0 Å². The number of rotatable bonds is 2. The molecular weight excluding hydrogens is 273 g/mol. The summed E-state index contributed by atoms with van der Waals surface area (Å²) in [7, 11) is 0. The molecule has 0 bridgehead atoms. The van der Waals surface area contributed by atoms with Crippen LogP contribution in [0, 0.1) is 5.82 Å². The molecule has 0 aliphatic heterocycles. The summed E-state index contributed by atoms with van der Waals surface area (Å²) in [4.78, 5) is 22.8.